The Bertz CT molecular complexity index is 298. The molecule has 0 aliphatic rings. The van der Waals surface area contributed by atoms with Crippen LogP contribution in [0.5, 0.6) is 0 Å². The zero-order valence-corrected chi connectivity index (χ0v) is 7.74. The average Bonchev–Trinajstić information content (AvgIpc) is 1.85. The molecule has 0 amide bonds. The molecule has 0 unspecified atom stereocenters. The number of allylic oxidation sites excluding steroid dienone is 3. The Morgan fingerprint density at radius 1 is 1.55 bits per heavy atom. The fourth-order valence-electron chi connectivity index (χ4n) is 0.320. The van der Waals surface area contributed by atoms with Crippen LogP contribution in [0, 0.1) is 0 Å². The molecule has 0 N–H and O–H groups in total. The highest BCUT2D eigenvalue weighted by Crippen LogP contribution is 2.10. The Labute approximate surface area is 71.8 Å². The summed E-state index contributed by atoms with van der Waals surface area (Å²) in [7, 11) is -3.21. The van der Waals surface area contributed by atoms with Gasteiger partial charge < -0.3 is 0 Å². The summed E-state index contributed by atoms with van der Waals surface area (Å²) >= 11 is 5.48. The molecule has 11 heavy (non-hydrogen) atoms. The van der Waals surface area contributed by atoms with Crippen LogP contribution in [0.25, 0.3) is 0 Å². The zero-order valence-electron chi connectivity index (χ0n) is 6.17. The second kappa shape index (κ2) is 3.74. The average molecular weight is 193 g/mol. The highest BCUT2D eigenvalue weighted by atomic mass is 35.5. The van der Waals surface area contributed by atoms with Crippen molar-refractivity contribution in [1.29, 1.82) is 0 Å². The lowest BCUT2D eigenvalue weighted by molar-refractivity contribution is 0.608. The molecular weight excluding hydrogens is 184 g/mol. The summed E-state index contributed by atoms with van der Waals surface area (Å²) in [6.07, 6.45) is 3.67. The third-order valence-corrected chi connectivity index (χ3v) is 2.30. The van der Waals surface area contributed by atoms with Crippen molar-refractivity contribution in [2.24, 2.45) is 0 Å². The molecule has 0 aromatic heterocycles. The second-order valence-corrected chi connectivity index (χ2v) is 4.48. The van der Waals surface area contributed by atoms with Crippen LogP contribution in [0.2, 0.25) is 0 Å². The molecule has 0 heterocycles. The van der Waals surface area contributed by atoms with Gasteiger partial charge in [0.25, 0.3) is 0 Å². The van der Waals surface area contributed by atoms with Crippen molar-refractivity contribution >= 4 is 21.4 Å². The minimum atomic E-state index is -3.21. The van der Waals surface area contributed by atoms with E-state index in [1.54, 1.807) is 0 Å². The van der Waals surface area contributed by atoms with Crippen molar-refractivity contribution in [3.63, 3.8) is 0 Å². The minimum Gasteiger partial charge on any atom is -0.224 e. The van der Waals surface area contributed by atoms with E-state index >= 15 is 0 Å². The van der Waals surface area contributed by atoms with Gasteiger partial charge in [0.15, 0.2) is 9.84 Å². The van der Waals surface area contributed by atoms with E-state index in [0.29, 0.717) is 0 Å². The third kappa shape index (κ3) is 4.01. The Hall–Kier alpha value is -0.540. The topological polar surface area (TPSA) is 34.1 Å². The van der Waals surface area contributed by atoms with Crippen LogP contribution in [0.3, 0.4) is 0 Å². The van der Waals surface area contributed by atoms with Gasteiger partial charge in [-0.1, -0.05) is 30.8 Å². The second-order valence-electron chi connectivity index (χ2n) is 1.97. The van der Waals surface area contributed by atoms with E-state index in [-0.39, 0.29) is 9.94 Å². The monoisotopic (exact) mass is 192 g/mol. The van der Waals surface area contributed by atoms with E-state index in [1.807, 2.05) is 0 Å². The fourth-order valence-corrected chi connectivity index (χ4v) is 0.857. The quantitative estimate of drug-likeness (QED) is 0.640. The van der Waals surface area contributed by atoms with Gasteiger partial charge in [0.2, 0.25) is 0 Å². The van der Waals surface area contributed by atoms with E-state index in [0.717, 1.165) is 6.26 Å². The first-order valence-corrected chi connectivity index (χ1v) is 5.03. The largest absolute Gasteiger partial charge is 0.224 e. The van der Waals surface area contributed by atoms with Crippen LogP contribution in [-0.2, 0) is 9.84 Å². The lowest BCUT2D eigenvalue weighted by Gasteiger charge is -1.94. The van der Waals surface area contributed by atoms with Gasteiger partial charge >= 0.3 is 0 Å². The van der Waals surface area contributed by atoms with Crippen molar-refractivity contribution in [2.75, 3.05) is 6.26 Å². The van der Waals surface area contributed by atoms with E-state index in [2.05, 4.69) is 13.2 Å². The predicted octanol–water partition coefficient (Wildman–Crippen LogP) is 1.85. The minimum absolute atomic E-state index is 0.0117. The van der Waals surface area contributed by atoms with E-state index in [4.69, 9.17) is 11.6 Å². The Morgan fingerprint density at radius 2 is 2.00 bits per heavy atom. The summed E-state index contributed by atoms with van der Waals surface area (Å²) in [4.78, 5) is -0.0117. The summed E-state index contributed by atoms with van der Waals surface area (Å²) in [6, 6.07) is 0. The van der Waals surface area contributed by atoms with Crippen LogP contribution in [-0.4, -0.2) is 14.7 Å². The van der Waals surface area contributed by atoms with Crippen molar-refractivity contribution in [3.8, 4) is 0 Å². The summed E-state index contributed by atoms with van der Waals surface area (Å²) in [6.45, 7) is 6.68. The van der Waals surface area contributed by atoms with Crippen molar-refractivity contribution in [3.05, 3.63) is 35.2 Å². The third-order valence-electron chi connectivity index (χ3n) is 0.970. The maximum absolute atomic E-state index is 10.7. The number of sulfone groups is 1. The maximum atomic E-state index is 10.7. The predicted molar refractivity (Wildman–Crippen MR) is 48.1 cm³/mol. The summed E-state index contributed by atoms with van der Waals surface area (Å²) < 4.78 is 21.5. The molecule has 0 rings (SSSR count). The lowest BCUT2D eigenvalue weighted by atomic mass is 10.5. The Kier molecular flexibility index (Phi) is 3.55. The maximum Gasteiger partial charge on any atom is 0.174 e. The number of hydrogen-bond acceptors (Lipinski definition) is 2. The van der Waals surface area contributed by atoms with Crippen LogP contribution < -0.4 is 0 Å². The molecule has 0 saturated carbocycles. The van der Waals surface area contributed by atoms with Gasteiger partial charge in [-0.25, -0.2) is 8.42 Å². The fraction of sp³-hybridized carbons (Fsp3) is 0.143. The van der Waals surface area contributed by atoms with Crippen molar-refractivity contribution < 1.29 is 8.42 Å². The van der Waals surface area contributed by atoms with Gasteiger partial charge in [-0.3, -0.25) is 0 Å². The number of halogens is 1. The smallest absolute Gasteiger partial charge is 0.174 e. The van der Waals surface area contributed by atoms with E-state index in [1.165, 1.54) is 12.2 Å². The van der Waals surface area contributed by atoms with Crippen molar-refractivity contribution in [1.82, 2.24) is 0 Å². The molecule has 0 aromatic rings. The van der Waals surface area contributed by atoms with Crippen LogP contribution in [0.4, 0.5) is 0 Å². The highest BCUT2D eigenvalue weighted by Gasteiger charge is 2.04. The Balaban J connectivity index is 4.70. The number of hydrogen-bond donors (Lipinski definition) is 0. The summed E-state index contributed by atoms with van der Waals surface area (Å²) in [5, 5.41) is 0.264. The van der Waals surface area contributed by atoms with Crippen molar-refractivity contribution in [2.45, 2.75) is 0 Å². The molecule has 0 spiro atoms. The van der Waals surface area contributed by atoms with E-state index < -0.39 is 9.84 Å². The zero-order chi connectivity index (χ0) is 9.07. The summed E-state index contributed by atoms with van der Waals surface area (Å²) in [5.41, 5.74) is 0. The standard InChI is InChI=1S/C7H9ClO2S/c1-4-7(8)5-6(2)11(3,9)10/h4-5H,1-2H2,3H3/b7-5+. The van der Waals surface area contributed by atoms with Crippen LogP contribution in [0.15, 0.2) is 35.2 Å². The first-order valence-electron chi connectivity index (χ1n) is 2.76. The Morgan fingerprint density at radius 3 is 2.27 bits per heavy atom. The molecule has 2 nitrogen and oxygen atoms in total. The van der Waals surface area contributed by atoms with Crippen LogP contribution in [0.1, 0.15) is 0 Å². The van der Waals surface area contributed by atoms with Gasteiger partial charge in [-0.05, 0) is 6.08 Å². The molecular formula is C7H9ClO2S. The molecule has 4 heteroatoms. The molecule has 0 bridgehead atoms. The van der Waals surface area contributed by atoms with E-state index in [9.17, 15) is 8.42 Å². The molecule has 0 saturated heterocycles. The first kappa shape index (κ1) is 10.5. The van der Waals surface area contributed by atoms with Gasteiger partial charge in [0, 0.05) is 11.3 Å². The number of rotatable bonds is 3. The van der Waals surface area contributed by atoms with Gasteiger partial charge in [-0.2, -0.15) is 0 Å². The SMILES string of the molecule is C=C/C(Cl)=C\C(=C)S(C)(=O)=O. The first-order chi connectivity index (χ1) is 4.88. The lowest BCUT2D eigenvalue weighted by Crippen LogP contribution is -1.96. The van der Waals surface area contributed by atoms with Gasteiger partial charge in [0.1, 0.15) is 0 Å². The molecule has 0 atom stereocenters. The molecule has 62 valence electrons. The van der Waals surface area contributed by atoms with Gasteiger partial charge in [0.05, 0.1) is 4.91 Å². The van der Waals surface area contributed by atoms with Gasteiger partial charge in [-0.15, -0.1) is 0 Å². The normalized spacial score (nSPS) is 12.7. The molecule has 0 aliphatic heterocycles. The molecule has 0 aromatic carbocycles. The van der Waals surface area contributed by atoms with Crippen LogP contribution >= 0.6 is 11.6 Å². The molecule has 0 radical (unpaired) electrons. The highest BCUT2D eigenvalue weighted by molar-refractivity contribution is 7.94. The summed E-state index contributed by atoms with van der Waals surface area (Å²) in [5.74, 6) is 0. The molecule has 0 aliphatic carbocycles. The molecule has 0 fully saturated rings.